The minimum Gasteiger partial charge on any atom is -0.497 e. The van der Waals surface area contributed by atoms with Gasteiger partial charge in [0, 0.05) is 28.8 Å². The summed E-state index contributed by atoms with van der Waals surface area (Å²) >= 11 is 0. The Hall–Kier alpha value is -2.69. The highest BCUT2D eigenvalue weighted by Crippen LogP contribution is 2.45. The summed E-state index contributed by atoms with van der Waals surface area (Å²) in [5.74, 6) is 0.552. The van der Waals surface area contributed by atoms with E-state index in [-0.39, 0.29) is 5.82 Å². The number of pyridine rings is 1. The molecule has 5 heteroatoms. The van der Waals surface area contributed by atoms with Crippen LogP contribution < -0.4 is 4.74 Å². The van der Waals surface area contributed by atoms with Gasteiger partial charge in [0.2, 0.25) is 0 Å². The molecule has 1 aromatic carbocycles. The lowest BCUT2D eigenvalue weighted by atomic mass is 9.66. The van der Waals surface area contributed by atoms with Crippen molar-refractivity contribution >= 4 is 11.4 Å². The number of methoxy groups -OCH3 is 1. The molecule has 0 amide bonds. The molecule has 1 aliphatic rings. The number of aliphatic imine (C=N–C) groups is 1. The second kappa shape index (κ2) is 5.40. The summed E-state index contributed by atoms with van der Waals surface area (Å²) < 4.78 is 22.1. The number of nitrogens with zero attached hydrogens (tertiary/aromatic N) is 3. The number of imidazole rings is 1. The second-order valence-corrected chi connectivity index (χ2v) is 7.75. The summed E-state index contributed by atoms with van der Waals surface area (Å²) in [4.78, 5) is 9.53. The molecule has 4 nitrogen and oxygen atoms in total. The number of ether oxygens (including phenoxy) is 1. The Labute approximate surface area is 152 Å². The van der Waals surface area contributed by atoms with Crippen LogP contribution in [0, 0.1) is 5.82 Å². The predicted molar refractivity (Wildman–Crippen MR) is 101 cm³/mol. The monoisotopic (exact) mass is 351 g/mol. The lowest BCUT2D eigenvalue weighted by Gasteiger charge is -2.44. The molecule has 0 aliphatic carbocycles. The molecule has 0 atom stereocenters. The van der Waals surface area contributed by atoms with Gasteiger partial charge < -0.3 is 4.74 Å². The molecule has 0 bridgehead atoms. The first kappa shape index (κ1) is 16.8. The molecular formula is C21H22FN3O. The van der Waals surface area contributed by atoms with Gasteiger partial charge in [-0.1, -0.05) is 26.0 Å². The third kappa shape index (κ3) is 2.19. The van der Waals surface area contributed by atoms with Gasteiger partial charge in [-0.3, -0.25) is 9.39 Å². The zero-order valence-electron chi connectivity index (χ0n) is 15.7. The number of rotatable bonds is 2. The van der Waals surface area contributed by atoms with Crippen LogP contribution in [0.3, 0.4) is 0 Å². The van der Waals surface area contributed by atoms with Crippen molar-refractivity contribution in [2.75, 3.05) is 7.11 Å². The van der Waals surface area contributed by atoms with Gasteiger partial charge in [0.1, 0.15) is 17.2 Å². The maximum Gasteiger partial charge on any atom is 0.140 e. The molecule has 0 unspecified atom stereocenters. The predicted octanol–water partition coefficient (Wildman–Crippen LogP) is 4.39. The van der Waals surface area contributed by atoms with Crippen molar-refractivity contribution in [3.63, 3.8) is 0 Å². The standard InChI is InChI=1S/C21H22FN3O/c1-20(2)18-14(7-6-8-15(18)22)19(24-21(20,3)4)16-12-23-17-11-13(26-5)9-10-25(16)17/h6-12H,1-5H3. The number of aromatic nitrogens is 2. The number of benzene rings is 1. The van der Waals surface area contributed by atoms with E-state index >= 15 is 0 Å². The van der Waals surface area contributed by atoms with Gasteiger partial charge >= 0.3 is 0 Å². The van der Waals surface area contributed by atoms with E-state index in [1.807, 2.05) is 28.8 Å². The van der Waals surface area contributed by atoms with E-state index in [4.69, 9.17) is 9.73 Å². The Bertz CT molecular complexity index is 1050. The number of halogens is 1. The van der Waals surface area contributed by atoms with Gasteiger partial charge in [-0.25, -0.2) is 9.37 Å². The van der Waals surface area contributed by atoms with Gasteiger partial charge in [0.15, 0.2) is 0 Å². The van der Waals surface area contributed by atoms with Gasteiger partial charge in [-0.05, 0) is 26.0 Å². The second-order valence-electron chi connectivity index (χ2n) is 7.75. The lowest BCUT2D eigenvalue weighted by Crippen LogP contribution is -2.47. The minimum absolute atomic E-state index is 0.191. The smallest absolute Gasteiger partial charge is 0.140 e. The Kier molecular flexibility index (Phi) is 3.48. The van der Waals surface area contributed by atoms with Crippen molar-refractivity contribution in [3.8, 4) is 5.75 Å². The Morgan fingerprint density at radius 2 is 1.88 bits per heavy atom. The first-order valence-corrected chi connectivity index (χ1v) is 8.67. The maximum atomic E-state index is 14.8. The fourth-order valence-electron chi connectivity index (χ4n) is 3.60. The van der Waals surface area contributed by atoms with E-state index in [1.165, 1.54) is 6.07 Å². The Morgan fingerprint density at radius 3 is 2.62 bits per heavy atom. The average Bonchev–Trinajstić information content (AvgIpc) is 3.01. The average molecular weight is 351 g/mol. The van der Waals surface area contributed by atoms with Crippen LogP contribution in [0.25, 0.3) is 5.65 Å². The van der Waals surface area contributed by atoms with Crippen LogP contribution in [0.15, 0.2) is 47.7 Å². The SMILES string of the molecule is COc1ccn2c(C3=NC(C)(C)C(C)(C)c4c(F)cccc43)cnc2c1. The van der Waals surface area contributed by atoms with Crippen LogP contribution in [0.2, 0.25) is 0 Å². The van der Waals surface area contributed by atoms with E-state index in [9.17, 15) is 4.39 Å². The highest BCUT2D eigenvalue weighted by atomic mass is 19.1. The first-order valence-electron chi connectivity index (χ1n) is 8.67. The van der Waals surface area contributed by atoms with E-state index < -0.39 is 11.0 Å². The molecule has 0 saturated heterocycles. The topological polar surface area (TPSA) is 38.9 Å². The molecule has 0 fully saturated rings. The quantitative estimate of drug-likeness (QED) is 0.687. The minimum atomic E-state index is -0.464. The van der Waals surface area contributed by atoms with E-state index in [0.29, 0.717) is 5.56 Å². The van der Waals surface area contributed by atoms with Crippen molar-refractivity contribution in [2.45, 2.75) is 38.6 Å². The molecule has 26 heavy (non-hydrogen) atoms. The highest BCUT2D eigenvalue weighted by Gasteiger charge is 2.45. The van der Waals surface area contributed by atoms with Crippen molar-refractivity contribution < 1.29 is 9.13 Å². The third-order valence-corrected chi connectivity index (χ3v) is 5.78. The van der Waals surface area contributed by atoms with Crippen LogP contribution >= 0.6 is 0 Å². The molecule has 3 aromatic rings. The zero-order valence-corrected chi connectivity index (χ0v) is 15.7. The van der Waals surface area contributed by atoms with Gasteiger partial charge in [-0.15, -0.1) is 0 Å². The molecule has 2 aromatic heterocycles. The molecule has 0 radical (unpaired) electrons. The molecule has 3 heterocycles. The molecular weight excluding hydrogens is 329 g/mol. The third-order valence-electron chi connectivity index (χ3n) is 5.78. The number of hydrogen-bond donors (Lipinski definition) is 0. The Balaban J connectivity index is 2.01. The first-order chi connectivity index (χ1) is 12.3. The fourth-order valence-corrected chi connectivity index (χ4v) is 3.60. The molecule has 4 rings (SSSR count). The maximum absolute atomic E-state index is 14.8. The van der Waals surface area contributed by atoms with Crippen molar-refractivity contribution in [3.05, 3.63) is 65.4 Å². The summed E-state index contributed by atoms with van der Waals surface area (Å²) in [6.45, 7) is 8.20. The van der Waals surface area contributed by atoms with E-state index in [2.05, 4.69) is 32.7 Å². The summed E-state index contributed by atoms with van der Waals surface area (Å²) in [5.41, 5.74) is 3.02. The fraction of sp³-hybridized carbons (Fsp3) is 0.333. The summed E-state index contributed by atoms with van der Waals surface area (Å²) in [5, 5.41) is 0. The van der Waals surface area contributed by atoms with Gasteiger partial charge in [-0.2, -0.15) is 0 Å². The van der Waals surface area contributed by atoms with Crippen molar-refractivity contribution in [1.29, 1.82) is 0 Å². The van der Waals surface area contributed by atoms with E-state index in [1.54, 1.807) is 19.4 Å². The number of hydrogen-bond acceptors (Lipinski definition) is 3. The molecule has 0 N–H and O–H groups in total. The van der Waals surface area contributed by atoms with Crippen LogP contribution in [-0.4, -0.2) is 27.7 Å². The normalized spacial score (nSPS) is 17.7. The summed E-state index contributed by atoms with van der Waals surface area (Å²) in [7, 11) is 1.63. The molecule has 0 spiro atoms. The molecule has 134 valence electrons. The summed E-state index contributed by atoms with van der Waals surface area (Å²) in [6, 6.07) is 8.96. The zero-order chi connectivity index (χ0) is 18.7. The Morgan fingerprint density at radius 1 is 1.12 bits per heavy atom. The van der Waals surface area contributed by atoms with Crippen LogP contribution in [0.4, 0.5) is 4.39 Å². The molecule has 1 aliphatic heterocycles. The van der Waals surface area contributed by atoms with Crippen molar-refractivity contribution in [2.24, 2.45) is 4.99 Å². The van der Waals surface area contributed by atoms with Crippen LogP contribution in [0.5, 0.6) is 5.75 Å². The largest absolute Gasteiger partial charge is 0.497 e. The van der Waals surface area contributed by atoms with Crippen molar-refractivity contribution in [1.82, 2.24) is 9.38 Å². The molecule has 0 saturated carbocycles. The highest BCUT2D eigenvalue weighted by molar-refractivity contribution is 6.14. The summed E-state index contributed by atoms with van der Waals surface area (Å²) in [6.07, 6.45) is 3.70. The van der Waals surface area contributed by atoms with Gasteiger partial charge in [0.05, 0.1) is 30.3 Å². The van der Waals surface area contributed by atoms with Gasteiger partial charge in [0.25, 0.3) is 0 Å². The lowest BCUT2D eigenvalue weighted by molar-refractivity contribution is 0.293. The number of fused-ring (bicyclic) bond motifs is 2. The van der Waals surface area contributed by atoms with E-state index in [0.717, 1.165) is 28.4 Å². The van der Waals surface area contributed by atoms with Crippen LogP contribution in [0.1, 0.15) is 44.5 Å². The van der Waals surface area contributed by atoms with Crippen LogP contribution in [-0.2, 0) is 5.41 Å².